The molecular weight excluding hydrogens is 256 g/mol. The van der Waals surface area contributed by atoms with Crippen LogP contribution in [0.2, 0.25) is 0 Å². The van der Waals surface area contributed by atoms with E-state index in [0.717, 1.165) is 18.5 Å². The first-order valence-corrected chi connectivity index (χ1v) is 7.46. The van der Waals surface area contributed by atoms with Gasteiger partial charge in [-0.3, -0.25) is 0 Å². The van der Waals surface area contributed by atoms with Crippen molar-refractivity contribution in [2.45, 2.75) is 54.0 Å². The largest absolute Gasteiger partial charge is 0.399 e. The highest BCUT2D eigenvalue weighted by Gasteiger charge is 2.30. The van der Waals surface area contributed by atoms with Crippen LogP contribution in [0.1, 0.15) is 52.7 Å². The van der Waals surface area contributed by atoms with Gasteiger partial charge in [0.05, 0.1) is 0 Å². The summed E-state index contributed by atoms with van der Waals surface area (Å²) in [5, 5.41) is 0. The summed E-state index contributed by atoms with van der Waals surface area (Å²) in [6, 6.07) is 6.43. The van der Waals surface area contributed by atoms with Gasteiger partial charge in [-0.25, -0.2) is 0 Å². The lowest BCUT2D eigenvalue weighted by Gasteiger charge is -2.35. The van der Waals surface area contributed by atoms with Gasteiger partial charge in [-0.05, 0) is 41.7 Å². The molecule has 0 aliphatic heterocycles. The summed E-state index contributed by atoms with van der Waals surface area (Å²) in [6.45, 7) is 8.72. The highest BCUT2D eigenvalue weighted by atomic mass is 14.7. The minimum absolute atomic E-state index is 0. The molecule has 0 heterocycles. The number of nitrogens with two attached hydrogens (primary N) is 2. The third-order valence-electron chi connectivity index (χ3n) is 4.33. The number of hydrogen-bond donors (Lipinski definition) is 2. The fraction of sp³-hybridized carbons (Fsp3) is 0.474. The van der Waals surface area contributed by atoms with E-state index in [-0.39, 0.29) is 18.9 Å². The number of aryl methyl sites for hydroxylation is 1. The summed E-state index contributed by atoms with van der Waals surface area (Å²) < 4.78 is 0. The standard InChI is InChI=1S/C18H26N2.CH4/c1-5-12-9-14(7-8-16(12)19)15-10-13(6-2)17(20)18(3,4)11-15;/h7-11,17H,5-6,19-20H2,1-4H3;1H4. The van der Waals surface area contributed by atoms with Crippen molar-refractivity contribution in [2.75, 3.05) is 5.73 Å². The van der Waals surface area contributed by atoms with Crippen molar-refractivity contribution >= 4 is 11.3 Å². The number of benzene rings is 1. The van der Waals surface area contributed by atoms with Gasteiger partial charge >= 0.3 is 0 Å². The molecule has 2 heteroatoms. The van der Waals surface area contributed by atoms with Crippen LogP contribution in [0.25, 0.3) is 5.57 Å². The number of rotatable bonds is 3. The van der Waals surface area contributed by atoms with E-state index in [2.05, 4.69) is 52.0 Å². The molecule has 0 fully saturated rings. The number of hydrogen-bond acceptors (Lipinski definition) is 2. The predicted octanol–water partition coefficient (Wildman–Crippen LogP) is 4.55. The van der Waals surface area contributed by atoms with Gasteiger partial charge in [0.1, 0.15) is 0 Å². The van der Waals surface area contributed by atoms with Crippen LogP contribution in [-0.2, 0) is 6.42 Å². The lowest BCUT2D eigenvalue weighted by atomic mass is 9.73. The molecule has 0 spiro atoms. The van der Waals surface area contributed by atoms with Gasteiger partial charge in [0, 0.05) is 17.1 Å². The van der Waals surface area contributed by atoms with E-state index in [4.69, 9.17) is 11.5 Å². The zero-order chi connectivity index (χ0) is 14.9. The van der Waals surface area contributed by atoms with E-state index >= 15 is 0 Å². The zero-order valence-corrected chi connectivity index (χ0v) is 13.0. The topological polar surface area (TPSA) is 52.0 Å². The van der Waals surface area contributed by atoms with Crippen LogP contribution in [0.3, 0.4) is 0 Å². The van der Waals surface area contributed by atoms with Crippen LogP contribution in [0, 0.1) is 5.41 Å². The Morgan fingerprint density at radius 2 is 1.81 bits per heavy atom. The summed E-state index contributed by atoms with van der Waals surface area (Å²) in [5.74, 6) is 0. The van der Waals surface area contributed by atoms with E-state index in [1.165, 1.54) is 22.3 Å². The van der Waals surface area contributed by atoms with E-state index in [1.807, 2.05) is 6.07 Å². The quantitative estimate of drug-likeness (QED) is 0.801. The molecule has 0 amide bonds. The maximum atomic E-state index is 6.35. The van der Waals surface area contributed by atoms with Gasteiger partial charge in [-0.2, -0.15) is 0 Å². The Balaban J connectivity index is 0.00000220. The second-order valence-electron chi connectivity index (χ2n) is 6.24. The van der Waals surface area contributed by atoms with E-state index in [1.54, 1.807) is 0 Å². The number of nitrogen functional groups attached to an aromatic ring is 1. The van der Waals surface area contributed by atoms with Gasteiger partial charge < -0.3 is 11.5 Å². The van der Waals surface area contributed by atoms with Crippen LogP contribution in [0.5, 0.6) is 0 Å². The van der Waals surface area contributed by atoms with Gasteiger partial charge in [0.15, 0.2) is 0 Å². The Hall–Kier alpha value is -1.54. The smallest absolute Gasteiger partial charge is 0.0346 e. The van der Waals surface area contributed by atoms with Crippen LogP contribution in [-0.4, -0.2) is 6.04 Å². The zero-order valence-electron chi connectivity index (χ0n) is 13.0. The first-order chi connectivity index (χ1) is 9.39. The number of allylic oxidation sites excluding steroid dienone is 2. The summed E-state index contributed by atoms with van der Waals surface area (Å²) in [7, 11) is 0. The van der Waals surface area contributed by atoms with Gasteiger partial charge in [-0.1, -0.05) is 58.9 Å². The van der Waals surface area contributed by atoms with Gasteiger partial charge in [-0.15, -0.1) is 0 Å². The first kappa shape index (κ1) is 17.5. The SMILES string of the molecule is C.CCC1=CC(c2ccc(N)c(CC)c2)=CC(C)(C)C1N. The molecule has 0 saturated carbocycles. The van der Waals surface area contributed by atoms with Gasteiger partial charge in [0.25, 0.3) is 0 Å². The minimum Gasteiger partial charge on any atom is -0.399 e. The third kappa shape index (κ3) is 3.38. The maximum Gasteiger partial charge on any atom is 0.0346 e. The highest BCUT2D eigenvalue weighted by molar-refractivity contribution is 5.78. The first-order valence-electron chi connectivity index (χ1n) is 7.46. The Morgan fingerprint density at radius 1 is 1.14 bits per heavy atom. The molecule has 4 N–H and O–H groups in total. The molecule has 1 atom stereocenters. The van der Waals surface area contributed by atoms with Crippen molar-refractivity contribution in [2.24, 2.45) is 11.1 Å². The monoisotopic (exact) mass is 286 g/mol. The lowest BCUT2D eigenvalue weighted by Crippen LogP contribution is -2.39. The predicted molar refractivity (Wildman–Crippen MR) is 95.1 cm³/mol. The summed E-state index contributed by atoms with van der Waals surface area (Å²) >= 11 is 0. The van der Waals surface area contributed by atoms with Crippen molar-refractivity contribution in [1.82, 2.24) is 0 Å². The Morgan fingerprint density at radius 3 is 2.38 bits per heavy atom. The second-order valence-corrected chi connectivity index (χ2v) is 6.24. The van der Waals surface area contributed by atoms with E-state index in [9.17, 15) is 0 Å². The fourth-order valence-corrected chi connectivity index (χ4v) is 2.88. The normalized spacial score (nSPS) is 20.3. The van der Waals surface area contributed by atoms with E-state index < -0.39 is 0 Å². The lowest BCUT2D eigenvalue weighted by molar-refractivity contribution is 0.401. The average molecular weight is 286 g/mol. The minimum atomic E-state index is -0.0107. The highest BCUT2D eigenvalue weighted by Crippen LogP contribution is 2.37. The molecule has 1 aliphatic rings. The molecule has 1 aromatic carbocycles. The molecule has 21 heavy (non-hydrogen) atoms. The fourth-order valence-electron chi connectivity index (χ4n) is 2.88. The Kier molecular flexibility index (Phi) is 5.41. The van der Waals surface area contributed by atoms with Gasteiger partial charge in [0.2, 0.25) is 0 Å². The maximum absolute atomic E-state index is 6.35. The molecule has 2 rings (SSSR count). The van der Waals surface area contributed by atoms with Crippen LogP contribution < -0.4 is 11.5 Å². The number of anilines is 1. The van der Waals surface area contributed by atoms with Crippen molar-refractivity contribution in [3.8, 4) is 0 Å². The molecule has 0 bridgehead atoms. The molecular formula is C19H30N2. The van der Waals surface area contributed by atoms with Crippen molar-refractivity contribution in [1.29, 1.82) is 0 Å². The molecule has 0 radical (unpaired) electrons. The Bertz CT molecular complexity index is 565. The Labute approximate surface area is 129 Å². The van der Waals surface area contributed by atoms with Crippen molar-refractivity contribution in [3.63, 3.8) is 0 Å². The summed E-state index contributed by atoms with van der Waals surface area (Å²) in [5.41, 5.74) is 18.3. The second kappa shape index (κ2) is 6.48. The summed E-state index contributed by atoms with van der Waals surface area (Å²) in [6.07, 6.45) is 6.50. The van der Waals surface area contributed by atoms with E-state index in [0.29, 0.717) is 0 Å². The molecule has 1 aromatic rings. The van der Waals surface area contributed by atoms with Crippen molar-refractivity contribution < 1.29 is 0 Å². The molecule has 0 saturated heterocycles. The summed E-state index contributed by atoms with van der Waals surface area (Å²) in [4.78, 5) is 0. The van der Waals surface area contributed by atoms with Crippen LogP contribution in [0.4, 0.5) is 5.69 Å². The molecule has 2 nitrogen and oxygen atoms in total. The third-order valence-corrected chi connectivity index (χ3v) is 4.33. The van der Waals surface area contributed by atoms with Crippen LogP contribution >= 0.6 is 0 Å². The van der Waals surface area contributed by atoms with Crippen LogP contribution in [0.15, 0.2) is 35.9 Å². The molecule has 116 valence electrons. The average Bonchev–Trinajstić information content (AvgIpc) is 2.42. The van der Waals surface area contributed by atoms with Crippen molar-refractivity contribution in [3.05, 3.63) is 47.1 Å². The molecule has 1 unspecified atom stereocenters. The molecule has 1 aliphatic carbocycles. The molecule has 0 aromatic heterocycles.